The molecule has 17 heteroatoms. The minimum atomic E-state index is -0.938. The van der Waals surface area contributed by atoms with Gasteiger partial charge in [-0.2, -0.15) is 4.39 Å². The Bertz CT molecular complexity index is 2070. The quantitative estimate of drug-likeness (QED) is 0.144. The maximum Gasteiger partial charge on any atom is 0.263 e. The number of halogens is 2. The third-order valence-electron chi connectivity index (χ3n) is 9.26. The number of nitrogens with zero attached hydrogens (tertiary/aromatic N) is 6. The number of nitrogens with two attached hydrogens (primary N) is 1. The molecule has 0 bridgehead atoms. The summed E-state index contributed by atoms with van der Waals surface area (Å²) in [5.74, 6) is -2.21. The van der Waals surface area contributed by atoms with Crippen molar-refractivity contribution < 1.29 is 33.3 Å². The molecule has 2 amide bonds. The van der Waals surface area contributed by atoms with Crippen molar-refractivity contribution >= 4 is 46.0 Å². The Morgan fingerprint density at radius 2 is 1.90 bits per heavy atom. The lowest BCUT2D eigenvalue weighted by Gasteiger charge is -2.40. The molecule has 0 saturated carbocycles. The van der Waals surface area contributed by atoms with E-state index in [-0.39, 0.29) is 68.1 Å². The molecular formula is C34H40ClFN8O7. The number of hydrogen-bond donors (Lipinski definition) is 3. The number of amides is 2. The van der Waals surface area contributed by atoms with E-state index < -0.39 is 23.5 Å². The Hall–Kier alpha value is -4.93. The van der Waals surface area contributed by atoms with Gasteiger partial charge in [-0.25, -0.2) is 9.97 Å². The average molecular weight is 727 g/mol. The molecule has 4 N–H and O–H groups in total. The molecule has 3 aromatic heterocycles. The molecular weight excluding hydrogens is 687 g/mol. The molecule has 0 unspecified atom stereocenters. The van der Waals surface area contributed by atoms with Gasteiger partial charge in [-0.15, -0.1) is 0 Å². The standard InChI is InChI=1S/C34H40ClFN8O7/c1-5-51-12-11-41-9-10-43(18(2)15-41)24-14-22(27(35)31(36)39-24)38-25(45)17-42-16-21(26-33(42)40-23-7-6-8-44(23)34(26)48)19-13-20(32(37)47)28(46)30(50-4)29(19)49-3/h13-14,16,18,46H,5-12,15,17H2,1-4H3,(H2,37,47)(H,38,39,45)/t18-/m0/s1. The van der Waals surface area contributed by atoms with Crippen LogP contribution < -0.4 is 31.0 Å². The van der Waals surface area contributed by atoms with Gasteiger partial charge in [0, 0.05) is 75.2 Å². The van der Waals surface area contributed by atoms with Crippen LogP contribution in [0.1, 0.15) is 36.5 Å². The predicted molar refractivity (Wildman–Crippen MR) is 189 cm³/mol. The van der Waals surface area contributed by atoms with Crippen molar-refractivity contribution in [3.63, 3.8) is 0 Å². The molecule has 0 spiro atoms. The first-order valence-electron chi connectivity index (χ1n) is 16.6. The molecule has 5 heterocycles. The van der Waals surface area contributed by atoms with Gasteiger partial charge < -0.3 is 39.8 Å². The number of aromatic hydroxyl groups is 1. The second kappa shape index (κ2) is 14.7. The smallest absolute Gasteiger partial charge is 0.263 e. The summed E-state index contributed by atoms with van der Waals surface area (Å²) >= 11 is 6.32. The number of carbonyl (C=O) groups excluding carboxylic acids is 2. The van der Waals surface area contributed by atoms with E-state index >= 15 is 4.39 Å². The number of carbonyl (C=O) groups is 2. The molecule has 1 atom stereocenters. The normalized spacial score (nSPS) is 16.0. The van der Waals surface area contributed by atoms with Crippen molar-refractivity contribution in [3.8, 4) is 28.4 Å². The summed E-state index contributed by atoms with van der Waals surface area (Å²) in [5, 5.41) is 13.2. The number of rotatable bonds is 12. The van der Waals surface area contributed by atoms with Crippen LogP contribution in [0.5, 0.6) is 17.2 Å². The maximum atomic E-state index is 15.1. The first-order chi connectivity index (χ1) is 24.5. The molecule has 0 radical (unpaired) electrons. The van der Waals surface area contributed by atoms with Crippen molar-refractivity contribution in [1.82, 2.24) is 24.0 Å². The number of primary amides is 1. The zero-order chi connectivity index (χ0) is 36.6. The lowest BCUT2D eigenvalue weighted by atomic mass is 10.00. The average Bonchev–Trinajstić information content (AvgIpc) is 3.72. The minimum Gasteiger partial charge on any atom is -0.504 e. The van der Waals surface area contributed by atoms with Crippen molar-refractivity contribution in [3.05, 3.63) is 51.0 Å². The van der Waals surface area contributed by atoms with Gasteiger partial charge in [0.2, 0.25) is 17.6 Å². The number of methoxy groups -OCH3 is 2. The molecule has 2 aliphatic heterocycles. The number of fused-ring (bicyclic) bond motifs is 2. The van der Waals surface area contributed by atoms with E-state index in [0.29, 0.717) is 50.8 Å². The predicted octanol–water partition coefficient (Wildman–Crippen LogP) is 3.01. The number of nitrogens with one attached hydrogen (secondary N) is 1. The fourth-order valence-electron chi connectivity index (χ4n) is 6.85. The van der Waals surface area contributed by atoms with E-state index in [0.717, 1.165) is 19.6 Å². The Balaban J connectivity index is 1.35. The van der Waals surface area contributed by atoms with Crippen LogP contribution in [-0.4, -0.2) is 101 Å². The van der Waals surface area contributed by atoms with Crippen molar-refractivity contribution in [2.24, 2.45) is 5.73 Å². The van der Waals surface area contributed by atoms with Crippen molar-refractivity contribution in [1.29, 1.82) is 0 Å². The number of hydrogen-bond acceptors (Lipinski definition) is 11. The van der Waals surface area contributed by atoms with Gasteiger partial charge in [-0.3, -0.25) is 23.9 Å². The highest BCUT2D eigenvalue weighted by molar-refractivity contribution is 6.33. The number of anilines is 2. The van der Waals surface area contributed by atoms with E-state index in [1.807, 2.05) is 18.7 Å². The van der Waals surface area contributed by atoms with Gasteiger partial charge in [0.1, 0.15) is 28.9 Å². The van der Waals surface area contributed by atoms with Gasteiger partial charge in [-0.1, -0.05) is 11.6 Å². The summed E-state index contributed by atoms with van der Waals surface area (Å²) in [6.07, 6.45) is 2.80. The van der Waals surface area contributed by atoms with E-state index in [2.05, 4.69) is 15.2 Å². The second-order valence-corrected chi connectivity index (χ2v) is 12.8. The number of aromatic nitrogens is 4. The van der Waals surface area contributed by atoms with Crippen LogP contribution in [0.25, 0.3) is 22.2 Å². The Morgan fingerprint density at radius 1 is 1.14 bits per heavy atom. The fraction of sp³-hybridized carbons (Fsp3) is 0.441. The number of piperazine rings is 1. The number of phenols is 1. The molecule has 4 aromatic rings. The van der Waals surface area contributed by atoms with Crippen LogP contribution in [0.2, 0.25) is 5.02 Å². The Labute approximate surface area is 297 Å². The topological polar surface area (TPSA) is 179 Å². The summed E-state index contributed by atoms with van der Waals surface area (Å²) in [6, 6.07) is 2.85. The van der Waals surface area contributed by atoms with Gasteiger partial charge in [0.15, 0.2) is 11.5 Å². The van der Waals surface area contributed by atoms with E-state index in [1.54, 1.807) is 10.6 Å². The van der Waals surface area contributed by atoms with Gasteiger partial charge in [-0.05, 0) is 26.3 Å². The summed E-state index contributed by atoms with van der Waals surface area (Å²) in [7, 11) is 2.63. The summed E-state index contributed by atoms with van der Waals surface area (Å²) in [5.41, 5.74) is 5.67. The highest BCUT2D eigenvalue weighted by atomic mass is 35.5. The highest BCUT2D eigenvalue weighted by Gasteiger charge is 2.30. The summed E-state index contributed by atoms with van der Waals surface area (Å²) in [6.45, 7) is 8.18. The van der Waals surface area contributed by atoms with Gasteiger partial charge in [0.05, 0.1) is 37.5 Å². The lowest BCUT2D eigenvalue weighted by molar-refractivity contribution is -0.116. The molecule has 2 aliphatic rings. The van der Waals surface area contributed by atoms with E-state index in [9.17, 15) is 19.5 Å². The third kappa shape index (κ3) is 6.78. The number of aryl methyl sites for hydroxylation is 1. The van der Waals surface area contributed by atoms with Crippen LogP contribution in [-0.2, 0) is 29.0 Å². The van der Waals surface area contributed by atoms with E-state index in [4.69, 9.17) is 36.5 Å². The number of ether oxygens (including phenoxy) is 3. The molecule has 15 nitrogen and oxygen atoms in total. The second-order valence-electron chi connectivity index (χ2n) is 12.4. The van der Waals surface area contributed by atoms with Crippen LogP contribution in [0.15, 0.2) is 23.1 Å². The van der Waals surface area contributed by atoms with Crippen LogP contribution in [0, 0.1) is 5.95 Å². The molecule has 51 heavy (non-hydrogen) atoms. The Kier molecular flexibility index (Phi) is 10.4. The third-order valence-corrected chi connectivity index (χ3v) is 9.62. The fourth-order valence-corrected chi connectivity index (χ4v) is 6.99. The summed E-state index contributed by atoms with van der Waals surface area (Å²) < 4.78 is 34.6. The SMILES string of the molecule is CCOCCN1CCN(c2cc(NC(=O)Cn3cc(-c4cc(C(N)=O)c(O)c(OC)c4OC)c4c(=O)n5c(nc43)CCC5)c(Cl)c(F)n2)[C@@H](C)C1. The van der Waals surface area contributed by atoms with E-state index in [1.165, 1.54) is 31.0 Å². The first kappa shape index (κ1) is 35.9. The lowest BCUT2D eigenvalue weighted by Crippen LogP contribution is -2.53. The molecule has 1 saturated heterocycles. The molecule has 6 rings (SSSR count). The van der Waals surface area contributed by atoms with Gasteiger partial charge >= 0.3 is 0 Å². The minimum absolute atomic E-state index is 0.000724. The van der Waals surface area contributed by atoms with Crippen LogP contribution >= 0.6 is 11.6 Å². The largest absolute Gasteiger partial charge is 0.504 e. The maximum absolute atomic E-state index is 15.1. The first-order valence-corrected chi connectivity index (χ1v) is 17.0. The molecule has 272 valence electrons. The Morgan fingerprint density at radius 3 is 2.59 bits per heavy atom. The van der Waals surface area contributed by atoms with Crippen LogP contribution in [0.4, 0.5) is 15.9 Å². The number of pyridine rings is 1. The zero-order valence-corrected chi connectivity index (χ0v) is 29.5. The summed E-state index contributed by atoms with van der Waals surface area (Å²) in [4.78, 5) is 53.0. The highest BCUT2D eigenvalue weighted by Crippen LogP contribution is 2.47. The number of benzene rings is 1. The monoisotopic (exact) mass is 726 g/mol. The molecule has 1 fully saturated rings. The van der Waals surface area contributed by atoms with Crippen molar-refractivity contribution in [2.45, 2.75) is 45.8 Å². The molecule has 1 aromatic carbocycles. The van der Waals surface area contributed by atoms with Crippen LogP contribution in [0.3, 0.4) is 0 Å². The molecule has 0 aliphatic carbocycles. The van der Waals surface area contributed by atoms with Crippen molar-refractivity contribution in [2.75, 3.05) is 63.8 Å². The zero-order valence-electron chi connectivity index (χ0n) is 28.8. The van der Waals surface area contributed by atoms with Gasteiger partial charge in [0.25, 0.3) is 11.5 Å².